The highest BCUT2D eigenvalue weighted by molar-refractivity contribution is 6.40. The van der Waals surface area contributed by atoms with E-state index in [0.717, 1.165) is 0 Å². The Morgan fingerprint density at radius 3 is 2.63 bits per heavy atom. The molecule has 0 aliphatic carbocycles. The largest absolute Gasteiger partial charge is 0.494 e. The maximum Gasteiger partial charge on any atom is 0.168 e. The van der Waals surface area contributed by atoms with Crippen molar-refractivity contribution in [2.45, 2.75) is 0 Å². The fourth-order valence-corrected chi connectivity index (χ4v) is 1.65. The molecule has 0 fully saturated rings. The van der Waals surface area contributed by atoms with E-state index in [-0.39, 0.29) is 16.1 Å². The number of aromatic nitrogens is 2. The molecule has 5 nitrogen and oxygen atoms in total. The van der Waals surface area contributed by atoms with Gasteiger partial charge in [0, 0.05) is 0 Å². The predicted octanol–water partition coefficient (Wildman–Crippen LogP) is 3.12. The number of methoxy groups -OCH3 is 1. The Kier molecular flexibility index (Phi) is 4.19. The predicted molar refractivity (Wildman–Crippen MR) is 76.7 cm³/mol. The molecule has 1 aromatic heterocycles. The van der Waals surface area contributed by atoms with Crippen molar-refractivity contribution >= 4 is 40.9 Å². The second-order valence-electron chi connectivity index (χ2n) is 3.51. The number of halogens is 2. The topological polar surface area (TPSA) is 73.4 Å². The van der Waals surface area contributed by atoms with Crippen LogP contribution in [0, 0.1) is 0 Å². The molecule has 0 unspecified atom stereocenters. The van der Waals surface area contributed by atoms with E-state index in [9.17, 15) is 0 Å². The first kappa shape index (κ1) is 13.6. The summed E-state index contributed by atoms with van der Waals surface area (Å²) in [5, 5.41) is 0.144. The van der Waals surface area contributed by atoms with Gasteiger partial charge >= 0.3 is 0 Å². The normalized spacial score (nSPS) is 10.9. The van der Waals surface area contributed by atoms with Crippen molar-refractivity contribution in [1.29, 1.82) is 0 Å². The zero-order valence-corrected chi connectivity index (χ0v) is 11.5. The third kappa shape index (κ3) is 3.13. The lowest BCUT2D eigenvalue weighted by atomic mass is 10.3. The van der Waals surface area contributed by atoms with Gasteiger partial charge < -0.3 is 10.5 Å². The molecule has 2 N–H and O–H groups in total. The van der Waals surface area contributed by atoms with E-state index in [0.29, 0.717) is 17.1 Å². The van der Waals surface area contributed by atoms with Gasteiger partial charge in [-0.3, -0.25) is 4.99 Å². The van der Waals surface area contributed by atoms with Gasteiger partial charge in [0.25, 0.3) is 0 Å². The number of hydrogen-bond donors (Lipinski definition) is 1. The Bertz CT molecular complexity index is 631. The molecule has 19 heavy (non-hydrogen) atoms. The average molecular weight is 297 g/mol. The number of nitrogens with zero attached hydrogens (tertiary/aromatic N) is 3. The fourth-order valence-electron chi connectivity index (χ4n) is 1.38. The summed E-state index contributed by atoms with van der Waals surface area (Å²) in [4.78, 5) is 12.1. The Morgan fingerprint density at radius 2 is 1.89 bits per heavy atom. The first-order valence-corrected chi connectivity index (χ1v) is 6.03. The van der Waals surface area contributed by atoms with E-state index >= 15 is 0 Å². The maximum atomic E-state index is 5.78. The van der Waals surface area contributed by atoms with Crippen LogP contribution in [-0.2, 0) is 0 Å². The van der Waals surface area contributed by atoms with Crippen LogP contribution in [0.15, 0.2) is 29.3 Å². The van der Waals surface area contributed by atoms with Gasteiger partial charge in [-0.1, -0.05) is 35.3 Å². The van der Waals surface area contributed by atoms with Crippen LogP contribution in [-0.4, -0.2) is 23.3 Å². The Morgan fingerprint density at radius 1 is 1.21 bits per heavy atom. The summed E-state index contributed by atoms with van der Waals surface area (Å²) in [6.45, 7) is 0. The molecule has 0 atom stereocenters. The number of ether oxygens (including phenoxy) is 1. The Labute approximate surface area is 120 Å². The Balaban J connectivity index is 2.35. The highest BCUT2D eigenvalue weighted by Gasteiger charge is 2.07. The van der Waals surface area contributed by atoms with Gasteiger partial charge in [-0.25, -0.2) is 9.97 Å². The lowest BCUT2D eigenvalue weighted by Gasteiger charge is -2.03. The van der Waals surface area contributed by atoms with E-state index in [2.05, 4.69) is 15.0 Å². The summed E-state index contributed by atoms with van der Waals surface area (Å²) in [7, 11) is 1.57. The van der Waals surface area contributed by atoms with Crippen molar-refractivity contribution in [2.24, 2.45) is 4.99 Å². The number of rotatable bonds is 3. The number of nitrogens with two attached hydrogens (primary N) is 1. The van der Waals surface area contributed by atoms with Crippen molar-refractivity contribution in [3.8, 4) is 5.75 Å². The lowest BCUT2D eigenvalue weighted by Crippen LogP contribution is -2.01. The quantitative estimate of drug-likeness (QED) is 0.883. The van der Waals surface area contributed by atoms with Gasteiger partial charge in [0.15, 0.2) is 16.1 Å². The number of nitrogen functional groups attached to an aromatic ring is 1. The molecule has 0 saturated heterocycles. The summed E-state index contributed by atoms with van der Waals surface area (Å²) in [5.41, 5.74) is 6.68. The van der Waals surface area contributed by atoms with Crippen LogP contribution in [0.1, 0.15) is 5.69 Å². The van der Waals surface area contributed by atoms with E-state index in [1.54, 1.807) is 19.2 Å². The molecule has 2 aromatic rings. The molecular formula is C12H10Cl2N4O. The van der Waals surface area contributed by atoms with Gasteiger partial charge in [0.05, 0.1) is 13.3 Å². The van der Waals surface area contributed by atoms with Gasteiger partial charge in [0.2, 0.25) is 0 Å². The molecule has 1 heterocycles. The maximum absolute atomic E-state index is 5.78. The van der Waals surface area contributed by atoms with Crippen molar-refractivity contribution in [3.05, 3.63) is 40.3 Å². The molecular weight excluding hydrogens is 287 g/mol. The third-order valence-corrected chi connectivity index (χ3v) is 2.90. The number of aliphatic imine (C=N–C) groups is 1. The van der Waals surface area contributed by atoms with Crippen LogP contribution in [0.5, 0.6) is 5.75 Å². The van der Waals surface area contributed by atoms with E-state index in [1.165, 1.54) is 6.21 Å². The van der Waals surface area contributed by atoms with E-state index < -0.39 is 0 Å². The van der Waals surface area contributed by atoms with Crippen LogP contribution in [0.25, 0.3) is 0 Å². The molecule has 0 aliphatic heterocycles. The molecule has 0 aliphatic rings. The fraction of sp³-hybridized carbons (Fsp3) is 0.0833. The molecule has 2 rings (SSSR count). The highest BCUT2D eigenvalue weighted by Crippen LogP contribution is 2.26. The molecule has 0 radical (unpaired) electrons. The van der Waals surface area contributed by atoms with Crippen LogP contribution in [0.4, 0.5) is 11.5 Å². The summed E-state index contributed by atoms with van der Waals surface area (Å²) in [6, 6.07) is 7.30. The molecule has 0 bridgehead atoms. The highest BCUT2D eigenvalue weighted by atomic mass is 35.5. The summed E-state index contributed by atoms with van der Waals surface area (Å²) in [5.74, 6) is 0.804. The first-order chi connectivity index (χ1) is 9.11. The summed E-state index contributed by atoms with van der Waals surface area (Å²) in [6.07, 6.45) is 1.46. The number of hydrogen-bond acceptors (Lipinski definition) is 5. The SMILES string of the molecule is COc1ccccc1N=Cc1nc(Cl)c(Cl)nc1N. The molecule has 0 spiro atoms. The molecule has 98 valence electrons. The first-order valence-electron chi connectivity index (χ1n) is 5.27. The van der Waals surface area contributed by atoms with Crippen LogP contribution in [0.2, 0.25) is 10.3 Å². The van der Waals surface area contributed by atoms with Crippen LogP contribution >= 0.6 is 23.2 Å². The smallest absolute Gasteiger partial charge is 0.168 e. The summed E-state index contributed by atoms with van der Waals surface area (Å²) < 4.78 is 5.18. The van der Waals surface area contributed by atoms with Gasteiger partial charge in [-0.05, 0) is 12.1 Å². The molecule has 0 saturated carbocycles. The zero-order valence-electron chi connectivity index (χ0n) is 9.97. The number of para-hydroxylation sites is 2. The minimum atomic E-state index is 0.0635. The third-order valence-electron chi connectivity index (χ3n) is 2.28. The van der Waals surface area contributed by atoms with Crippen molar-refractivity contribution in [1.82, 2.24) is 9.97 Å². The van der Waals surface area contributed by atoms with E-state index in [1.807, 2.05) is 12.1 Å². The second-order valence-corrected chi connectivity index (χ2v) is 4.22. The van der Waals surface area contributed by atoms with E-state index in [4.69, 9.17) is 33.7 Å². The summed E-state index contributed by atoms with van der Waals surface area (Å²) >= 11 is 11.5. The minimum Gasteiger partial charge on any atom is -0.494 e. The standard InChI is InChI=1S/C12H10Cl2N4O/c1-19-9-5-3-2-4-7(9)16-6-8-12(15)18-11(14)10(13)17-8/h2-6H,1H3,(H2,15,18). The van der Waals surface area contributed by atoms with Gasteiger partial charge in [-0.15, -0.1) is 0 Å². The molecule has 0 amide bonds. The molecule has 1 aromatic carbocycles. The van der Waals surface area contributed by atoms with Crippen molar-refractivity contribution in [3.63, 3.8) is 0 Å². The number of anilines is 1. The number of benzene rings is 1. The van der Waals surface area contributed by atoms with Crippen LogP contribution < -0.4 is 10.5 Å². The monoisotopic (exact) mass is 296 g/mol. The zero-order chi connectivity index (χ0) is 13.8. The van der Waals surface area contributed by atoms with Crippen molar-refractivity contribution < 1.29 is 4.74 Å². The second kappa shape index (κ2) is 5.86. The van der Waals surface area contributed by atoms with Crippen LogP contribution in [0.3, 0.4) is 0 Å². The lowest BCUT2D eigenvalue weighted by molar-refractivity contribution is 0.416. The minimum absolute atomic E-state index is 0.0635. The van der Waals surface area contributed by atoms with Gasteiger partial charge in [0.1, 0.15) is 17.1 Å². The average Bonchev–Trinajstić information content (AvgIpc) is 2.41. The molecule has 7 heteroatoms. The van der Waals surface area contributed by atoms with Crippen molar-refractivity contribution in [2.75, 3.05) is 12.8 Å². The van der Waals surface area contributed by atoms with Gasteiger partial charge in [-0.2, -0.15) is 0 Å². The Hall–Kier alpha value is -1.85.